The van der Waals surface area contributed by atoms with E-state index < -0.39 is 0 Å². The second-order valence-corrected chi connectivity index (χ2v) is 5.83. The number of hydrogen-bond acceptors (Lipinski definition) is 4. The highest BCUT2D eigenvalue weighted by Gasteiger charge is 2.26. The lowest BCUT2D eigenvalue weighted by atomic mass is 9.90. The van der Waals surface area contributed by atoms with Crippen molar-refractivity contribution in [3.63, 3.8) is 0 Å². The van der Waals surface area contributed by atoms with E-state index in [1.807, 2.05) is 33.8 Å². The minimum atomic E-state index is -0.203. The molecule has 6 heteroatoms. The third-order valence-corrected chi connectivity index (χ3v) is 3.18. The van der Waals surface area contributed by atoms with Crippen LogP contribution in [0.3, 0.4) is 0 Å². The standard InChI is InChI=1S/C13H17ClN4O/c1-8-5-6-10(16-15-8)18-12(14)9(7-19)11(17-18)13(2,3)4/h5-6,19H,7H2,1-4H3. The zero-order valence-electron chi connectivity index (χ0n) is 11.5. The van der Waals surface area contributed by atoms with E-state index >= 15 is 0 Å². The highest BCUT2D eigenvalue weighted by atomic mass is 35.5. The monoisotopic (exact) mass is 280 g/mol. The Morgan fingerprint density at radius 2 is 1.95 bits per heavy atom. The third-order valence-electron chi connectivity index (χ3n) is 2.79. The van der Waals surface area contributed by atoms with Crippen molar-refractivity contribution >= 4 is 11.6 Å². The number of aryl methyl sites for hydroxylation is 1. The van der Waals surface area contributed by atoms with Crippen molar-refractivity contribution in [3.8, 4) is 5.82 Å². The minimum Gasteiger partial charge on any atom is -0.391 e. The van der Waals surface area contributed by atoms with E-state index in [4.69, 9.17) is 11.6 Å². The van der Waals surface area contributed by atoms with E-state index in [9.17, 15) is 5.11 Å². The van der Waals surface area contributed by atoms with Gasteiger partial charge in [-0.3, -0.25) is 0 Å². The summed E-state index contributed by atoms with van der Waals surface area (Å²) in [7, 11) is 0. The Bertz CT molecular complexity index is 584. The summed E-state index contributed by atoms with van der Waals surface area (Å²) < 4.78 is 1.51. The number of hydrogen-bond donors (Lipinski definition) is 1. The summed E-state index contributed by atoms with van der Waals surface area (Å²) >= 11 is 6.28. The van der Waals surface area contributed by atoms with Crippen molar-refractivity contribution in [2.45, 2.75) is 39.7 Å². The molecule has 0 aliphatic rings. The van der Waals surface area contributed by atoms with E-state index in [0.29, 0.717) is 16.5 Å². The fourth-order valence-electron chi connectivity index (χ4n) is 1.83. The predicted molar refractivity (Wildman–Crippen MR) is 73.5 cm³/mol. The average molecular weight is 281 g/mol. The number of nitrogens with zero attached hydrogens (tertiary/aromatic N) is 4. The van der Waals surface area contributed by atoms with Gasteiger partial charge in [-0.15, -0.1) is 5.10 Å². The maximum absolute atomic E-state index is 9.49. The molecular weight excluding hydrogens is 264 g/mol. The Morgan fingerprint density at radius 1 is 1.26 bits per heavy atom. The number of rotatable bonds is 2. The number of halogens is 1. The quantitative estimate of drug-likeness (QED) is 0.917. The van der Waals surface area contributed by atoms with E-state index in [1.54, 1.807) is 6.07 Å². The summed E-state index contributed by atoms with van der Waals surface area (Å²) in [5, 5.41) is 22.4. The van der Waals surface area contributed by atoms with Crippen LogP contribution in [0.4, 0.5) is 0 Å². The van der Waals surface area contributed by atoms with Crippen LogP contribution in [0.15, 0.2) is 12.1 Å². The van der Waals surface area contributed by atoms with Crippen LogP contribution >= 0.6 is 11.6 Å². The summed E-state index contributed by atoms with van der Waals surface area (Å²) in [6, 6.07) is 3.64. The van der Waals surface area contributed by atoms with Crippen LogP contribution in [0, 0.1) is 6.92 Å². The Kier molecular flexibility index (Phi) is 3.60. The first-order chi connectivity index (χ1) is 8.84. The molecule has 19 heavy (non-hydrogen) atoms. The van der Waals surface area contributed by atoms with Crippen molar-refractivity contribution < 1.29 is 5.11 Å². The average Bonchev–Trinajstić information content (AvgIpc) is 2.67. The Hall–Kier alpha value is -1.46. The van der Waals surface area contributed by atoms with E-state index in [0.717, 1.165) is 11.4 Å². The number of aliphatic hydroxyl groups is 1. The lowest BCUT2D eigenvalue weighted by Gasteiger charge is -2.16. The fourth-order valence-corrected chi connectivity index (χ4v) is 2.10. The van der Waals surface area contributed by atoms with Gasteiger partial charge in [-0.05, 0) is 19.1 Å². The smallest absolute Gasteiger partial charge is 0.177 e. The van der Waals surface area contributed by atoms with Gasteiger partial charge < -0.3 is 5.11 Å². The molecule has 2 aromatic rings. The molecule has 0 unspecified atom stereocenters. The molecule has 5 nitrogen and oxygen atoms in total. The molecule has 2 aromatic heterocycles. The zero-order chi connectivity index (χ0) is 14.2. The Balaban J connectivity index is 2.59. The second kappa shape index (κ2) is 4.90. The van der Waals surface area contributed by atoms with Gasteiger partial charge in [-0.1, -0.05) is 32.4 Å². The van der Waals surface area contributed by atoms with Crippen LogP contribution in [-0.2, 0) is 12.0 Å². The van der Waals surface area contributed by atoms with Crippen molar-refractivity contribution in [1.82, 2.24) is 20.0 Å². The van der Waals surface area contributed by atoms with Crippen molar-refractivity contribution in [2.75, 3.05) is 0 Å². The maximum atomic E-state index is 9.49. The first kappa shape index (κ1) is 14.0. The van der Waals surface area contributed by atoms with E-state index in [2.05, 4.69) is 15.3 Å². The van der Waals surface area contributed by atoms with Gasteiger partial charge in [-0.25, -0.2) is 4.68 Å². The van der Waals surface area contributed by atoms with Crippen LogP contribution in [-0.4, -0.2) is 25.1 Å². The van der Waals surface area contributed by atoms with E-state index in [-0.39, 0.29) is 12.0 Å². The molecular formula is C13H17ClN4O. The Labute approximate surface area is 117 Å². The zero-order valence-corrected chi connectivity index (χ0v) is 12.2. The van der Waals surface area contributed by atoms with E-state index in [1.165, 1.54) is 4.68 Å². The molecule has 1 N–H and O–H groups in total. The summed E-state index contributed by atoms with van der Waals surface area (Å²) in [4.78, 5) is 0. The normalized spacial score (nSPS) is 11.9. The Morgan fingerprint density at radius 3 is 2.37 bits per heavy atom. The second-order valence-electron chi connectivity index (χ2n) is 5.47. The van der Waals surface area contributed by atoms with Crippen LogP contribution in [0.5, 0.6) is 0 Å². The van der Waals surface area contributed by atoms with Crippen molar-refractivity contribution in [2.24, 2.45) is 0 Å². The molecule has 0 saturated carbocycles. The van der Waals surface area contributed by atoms with Crippen LogP contribution < -0.4 is 0 Å². The van der Waals surface area contributed by atoms with Crippen LogP contribution in [0.2, 0.25) is 5.15 Å². The van der Waals surface area contributed by atoms with Gasteiger partial charge in [0.05, 0.1) is 18.0 Å². The lowest BCUT2D eigenvalue weighted by Crippen LogP contribution is -2.15. The molecule has 2 heterocycles. The summed E-state index contributed by atoms with van der Waals surface area (Å²) in [6.07, 6.45) is 0. The highest BCUT2D eigenvalue weighted by Crippen LogP contribution is 2.31. The molecule has 0 atom stereocenters. The van der Waals surface area contributed by atoms with Gasteiger partial charge in [-0.2, -0.15) is 10.2 Å². The molecule has 0 saturated heterocycles. The van der Waals surface area contributed by atoms with Crippen LogP contribution in [0.25, 0.3) is 5.82 Å². The van der Waals surface area contributed by atoms with Gasteiger partial charge in [0.25, 0.3) is 0 Å². The molecule has 0 aromatic carbocycles. The molecule has 0 spiro atoms. The molecule has 2 rings (SSSR count). The van der Waals surface area contributed by atoms with Gasteiger partial charge in [0.15, 0.2) is 5.82 Å². The lowest BCUT2D eigenvalue weighted by molar-refractivity contribution is 0.278. The van der Waals surface area contributed by atoms with Crippen molar-refractivity contribution in [3.05, 3.63) is 34.2 Å². The maximum Gasteiger partial charge on any atom is 0.177 e. The summed E-state index contributed by atoms with van der Waals surface area (Å²) in [6.45, 7) is 7.79. The fraction of sp³-hybridized carbons (Fsp3) is 0.462. The predicted octanol–water partition coefficient (Wildman–Crippen LogP) is 2.41. The highest BCUT2D eigenvalue weighted by molar-refractivity contribution is 6.30. The molecule has 0 aliphatic carbocycles. The number of aromatic nitrogens is 4. The van der Waals surface area contributed by atoms with Gasteiger partial charge in [0.1, 0.15) is 5.15 Å². The summed E-state index contributed by atoms with van der Waals surface area (Å²) in [5.74, 6) is 0.542. The summed E-state index contributed by atoms with van der Waals surface area (Å²) in [5.41, 5.74) is 2.02. The molecule has 0 radical (unpaired) electrons. The van der Waals surface area contributed by atoms with Gasteiger partial charge in [0.2, 0.25) is 0 Å². The first-order valence-electron chi connectivity index (χ1n) is 6.04. The van der Waals surface area contributed by atoms with Crippen LogP contribution in [0.1, 0.15) is 37.7 Å². The van der Waals surface area contributed by atoms with Gasteiger partial charge in [0, 0.05) is 11.0 Å². The van der Waals surface area contributed by atoms with Crippen molar-refractivity contribution in [1.29, 1.82) is 0 Å². The third kappa shape index (κ3) is 2.62. The molecule has 102 valence electrons. The molecule has 0 bridgehead atoms. The largest absolute Gasteiger partial charge is 0.391 e. The topological polar surface area (TPSA) is 63.8 Å². The molecule has 0 amide bonds. The molecule has 0 aliphatic heterocycles. The first-order valence-corrected chi connectivity index (χ1v) is 6.42. The number of aliphatic hydroxyl groups excluding tert-OH is 1. The SMILES string of the molecule is Cc1ccc(-n2nc(C(C)(C)C)c(CO)c2Cl)nn1. The van der Waals surface area contributed by atoms with Gasteiger partial charge >= 0.3 is 0 Å². The minimum absolute atomic E-state index is 0.148. The molecule has 0 fully saturated rings.